The number of nitriles is 1. The van der Waals surface area contributed by atoms with E-state index >= 15 is 0 Å². The summed E-state index contributed by atoms with van der Waals surface area (Å²) in [7, 11) is 0. The van der Waals surface area contributed by atoms with Gasteiger partial charge in [-0.2, -0.15) is 10.4 Å². The summed E-state index contributed by atoms with van der Waals surface area (Å²) < 4.78 is 18.9. The molecule has 21 heavy (non-hydrogen) atoms. The fraction of sp³-hybridized carbons (Fsp3) is 0.357. The molecule has 112 valence electrons. The second-order valence-electron chi connectivity index (χ2n) is 5.59. The molecular weight excluding hydrogens is 273 g/mol. The summed E-state index contributed by atoms with van der Waals surface area (Å²) in [6, 6.07) is 5.59. The molecule has 0 saturated heterocycles. The Morgan fingerprint density at radius 2 is 2.19 bits per heavy atom. The number of nitrogens with one attached hydrogen (secondary N) is 2. The number of hydrazone groups is 1. The minimum absolute atomic E-state index is 0.0634. The van der Waals surface area contributed by atoms with Crippen LogP contribution in [0.1, 0.15) is 20.8 Å². The Balaban J connectivity index is 2.98. The van der Waals surface area contributed by atoms with E-state index in [0.717, 1.165) is 0 Å². The molecule has 0 aromatic heterocycles. The quantitative estimate of drug-likeness (QED) is 0.440. The van der Waals surface area contributed by atoms with E-state index in [4.69, 9.17) is 21.1 Å². The number of hydrogen-bond acceptors (Lipinski definition) is 5. The van der Waals surface area contributed by atoms with Crippen LogP contribution in [0.3, 0.4) is 0 Å². The van der Waals surface area contributed by atoms with Gasteiger partial charge in [0.1, 0.15) is 23.3 Å². The van der Waals surface area contributed by atoms with Gasteiger partial charge in [-0.25, -0.2) is 4.39 Å². The van der Waals surface area contributed by atoms with E-state index in [1.165, 1.54) is 18.2 Å². The standard InChI is InChI=1S/C14H18FN5O/c1-14(2,3)8-21-12-5-4-9(15)6-10(12)19-20-11(7-16)13(17)18/h4-6,19H,8H2,1-3H3,(H3,17,18)/b20-11+. The van der Waals surface area contributed by atoms with E-state index in [1.54, 1.807) is 6.07 Å². The molecule has 1 aromatic rings. The molecule has 0 amide bonds. The molecular formula is C14H18FN5O. The molecule has 0 unspecified atom stereocenters. The SMILES string of the molecule is CC(C)(C)COc1ccc(F)cc1N/N=C(\C#N)C(=N)N. The average Bonchev–Trinajstić information content (AvgIpc) is 2.37. The van der Waals surface area contributed by atoms with Gasteiger partial charge in [-0.15, -0.1) is 0 Å². The van der Waals surface area contributed by atoms with Gasteiger partial charge in [-0.1, -0.05) is 20.8 Å². The number of halogens is 1. The topological polar surface area (TPSA) is 107 Å². The summed E-state index contributed by atoms with van der Waals surface area (Å²) in [4.78, 5) is 0. The molecule has 1 aromatic carbocycles. The molecule has 1 rings (SSSR count). The zero-order chi connectivity index (χ0) is 16.0. The minimum atomic E-state index is -0.475. The van der Waals surface area contributed by atoms with Crippen molar-refractivity contribution in [3.8, 4) is 11.8 Å². The Morgan fingerprint density at radius 3 is 2.71 bits per heavy atom. The number of nitrogens with two attached hydrogens (primary N) is 1. The highest BCUT2D eigenvalue weighted by atomic mass is 19.1. The highest BCUT2D eigenvalue weighted by molar-refractivity contribution is 6.45. The Hall–Kier alpha value is -2.62. The van der Waals surface area contributed by atoms with Crippen molar-refractivity contribution in [2.45, 2.75) is 20.8 Å². The lowest BCUT2D eigenvalue weighted by Crippen LogP contribution is -2.22. The maximum atomic E-state index is 13.3. The first kappa shape index (κ1) is 16.4. The van der Waals surface area contributed by atoms with Gasteiger partial charge in [0.15, 0.2) is 5.84 Å². The Bertz CT molecular complexity index is 598. The van der Waals surface area contributed by atoms with Crippen LogP contribution in [0.25, 0.3) is 0 Å². The summed E-state index contributed by atoms with van der Waals surface area (Å²) in [5.74, 6) is -0.549. The fourth-order valence-corrected chi connectivity index (χ4v) is 1.27. The fourth-order valence-electron chi connectivity index (χ4n) is 1.27. The van der Waals surface area contributed by atoms with Gasteiger partial charge in [0.25, 0.3) is 0 Å². The van der Waals surface area contributed by atoms with Crippen LogP contribution in [-0.4, -0.2) is 18.2 Å². The first-order valence-electron chi connectivity index (χ1n) is 6.23. The van der Waals surface area contributed by atoms with Crippen molar-refractivity contribution in [1.29, 1.82) is 10.7 Å². The normalized spacial score (nSPS) is 11.7. The molecule has 6 nitrogen and oxygen atoms in total. The lowest BCUT2D eigenvalue weighted by Gasteiger charge is -2.20. The van der Waals surface area contributed by atoms with Crippen molar-refractivity contribution < 1.29 is 9.13 Å². The van der Waals surface area contributed by atoms with Crippen molar-refractivity contribution in [3.05, 3.63) is 24.0 Å². The molecule has 0 saturated carbocycles. The molecule has 7 heteroatoms. The van der Waals surface area contributed by atoms with Crippen LogP contribution in [-0.2, 0) is 0 Å². The van der Waals surface area contributed by atoms with Crippen molar-refractivity contribution in [1.82, 2.24) is 0 Å². The van der Waals surface area contributed by atoms with E-state index in [9.17, 15) is 4.39 Å². The predicted octanol–water partition coefficient (Wildman–Crippen LogP) is 2.48. The van der Waals surface area contributed by atoms with Gasteiger partial charge in [0.2, 0.25) is 5.71 Å². The van der Waals surface area contributed by atoms with Gasteiger partial charge < -0.3 is 10.5 Å². The first-order valence-corrected chi connectivity index (χ1v) is 6.23. The second-order valence-corrected chi connectivity index (χ2v) is 5.59. The zero-order valence-corrected chi connectivity index (χ0v) is 12.2. The summed E-state index contributed by atoms with van der Waals surface area (Å²) in [6.45, 7) is 6.44. The first-order chi connectivity index (χ1) is 9.73. The van der Waals surface area contributed by atoms with Crippen molar-refractivity contribution >= 4 is 17.2 Å². The number of ether oxygens (including phenoxy) is 1. The van der Waals surface area contributed by atoms with E-state index in [2.05, 4.69) is 10.5 Å². The number of amidine groups is 1. The maximum absolute atomic E-state index is 13.3. The Kier molecular flexibility index (Phi) is 5.24. The highest BCUT2D eigenvalue weighted by Crippen LogP contribution is 2.27. The molecule has 0 aliphatic carbocycles. The van der Waals surface area contributed by atoms with Gasteiger partial charge >= 0.3 is 0 Å². The van der Waals surface area contributed by atoms with Gasteiger partial charge in [0, 0.05) is 6.07 Å². The minimum Gasteiger partial charge on any atom is -0.491 e. The number of anilines is 1. The third kappa shape index (κ3) is 5.48. The van der Waals surface area contributed by atoms with Crippen molar-refractivity contribution in [2.24, 2.45) is 16.3 Å². The largest absolute Gasteiger partial charge is 0.491 e. The lowest BCUT2D eigenvalue weighted by atomic mass is 9.99. The molecule has 0 aliphatic rings. The van der Waals surface area contributed by atoms with Gasteiger partial charge in [-0.05, 0) is 17.5 Å². The molecule has 0 heterocycles. The third-order valence-electron chi connectivity index (χ3n) is 2.25. The number of rotatable bonds is 5. The smallest absolute Gasteiger partial charge is 0.201 e. The van der Waals surface area contributed by atoms with E-state index in [-0.39, 0.29) is 16.8 Å². The molecule has 0 atom stereocenters. The second kappa shape index (κ2) is 6.70. The highest BCUT2D eigenvalue weighted by Gasteiger charge is 2.13. The summed E-state index contributed by atoms with van der Waals surface area (Å²) in [5.41, 5.74) is 7.59. The Morgan fingerprint density at radius 1 is 1.52 bits per heavy atom. The van der Waals surface area contributed by atoms with Crippen LogP contribution in [0.5, 0.6) is 5.75 Å². The van der Waals surface area contributed by atoms with Crippen molar-refractivity contribution in [3.63, 3.8) is 0 Å². The number of benzene rings is 1. The Labute approximate surface area is 122 Å². The molecule has 0 aliphatic heterocycles. The molecule has 0 fully saturated rings. The average molecular weight is 291 g/mol. The molecule has 0 spiro atoms. The predicted molar refractivity (Wildman–Crippen MR) is 79.9 cm³/mol. The van der Waals surface area contributed by atoms with E-state index in [0.29, 0.717) is 12.4 Å². The van der Waals surface area contributed by atoms with Crippen LogP contribution in [0, 0.1) is 28.0 Å². The van der Waals surface area contributed by atoms with Crippen LogP contribution >= 0.6 is 0 Å². The van der Waals surface area contributed by atoms with Crippen LogP contribution in [0.15, 0.2) is 23.3 Å². The molecule has 4 N–H and O–H groups in total. The van der Waals surface area contributed by atoms with Gasteiger partial charge in [0.05, 0.1) is 6.61 Å². The molecule has 0 bridgehead atoms. The van der Waals surface area contributed by atoms with Crippen LogP contribution in [0.2, 0.25) is 0 Å². The van der Waals surface area contributed by atoms with E-state index in [1.807, 2.05) is 20.8 Å². The summed E-state index contributed by atoms with van der Waals surface area (Å²) in [5, 5.41) is 19.6. The van der Waals surface area contributed by atoms with Crippen molar-refractivity contribution in [2.75, 3.05) is 12.0 Å². The monoisotopic (exact) mass is 291 g/mol. The van der Waals surface area contributed by atoms with Crippen LogP contribution < -0.4 is 15.9 Å². The zero-order valence-electron chi connectivity index (χ0n) is 12.2. The number of nitrogens with zero attached hydrogens (tertiary/aromatic N) is 2. The summed E-state index contributed by atoms with van der Waals surface area (Å²) >= 11 is 0. The van der Waals surface area contributed by atoms with E-state index < -0.39 is 11.7 Å². The maximum Gasteiger partial charge on any atom is 0.201 e. The summed E-state index contributed by atoms with van der Waals surface area (Å²) in [6.07, 6.45) is 0. The lowest BCUT2D eigenvalue weighted by molar-refractivity contribution is 0.198. The molecule has 0 radical (unpaired) electrons. The third-order valence-corrected chi connectivity index (χ3v) is 2.25. The van der Waals surface area contributed by atoms with Crippen LogP contribution in [0.4, 0.5) is 10.1 Å². The van der Waals surface area contributed by atoms with Gasteiger partial charge in [-0.3, -0.25) is 10.8 Å². The number of hydrogen-bond donors (Lipinski definition) is 3.